The molecule has 2 aromatic carbocycles. The summed E-state index contributed by atoms with van der Waals surface area (Å²) in [6, 6.07) is 15.6. The van der Waals surface area contributed by atoms with E-state index in [2.05, 4.69) is 5.10 Å². The Labute approximate surface area is 124 Å². The Hall–Kier alpha value is -2.27. The summed E-state index contributed by atoms with van der Waals surface area (Å²) in [6.07, 6.45) is 3.56. The van der Waals surface area contributed by atoms with Gasteiger partial charge in [0, 0.05) is 12.4 Å². The number of benzene rings is 2. The van der Waals surface area contributed by atoms with Crippen molar-refractivity contribution >= 4 is 10.8 Å². The van der Waals surface area contributed by atoms with Crippen molar-refractivity contribution in [3.05, 3.63) is 78.4 Å². The number of hydrogen-bond donors (Lipinski definition) is 0. The van der Waals surface area contributed by atoms with E-state index in [-0.39, 0.29) is 4.90 Å². The van der Waals surface area contributed by atoms with E-state index in [1.807, 2.05) is 36.5 Å². The molecule has 3 rings (SSSR count). The summed E-state index contributed by atoms with van der Waals surface area (Å²) in [6.45, 7) is 0. The molecule has 0 spiro atoms. The summed E-state index contributed by atoms with van der Waals surface area (Å²) >= 11 is 0. The summed E-state index contributed by atoms with van der Waals surface area (Å²) in [5.41, 5.74) is 1.83. The molecule has 1 atom stereocenters. The van der Waals surface area contributed by atoms with Gasteiger partial charge in [-0.1, -0.05) is 24.3 Å². The lowest BCUT2D eigenvalue weighted by Gasteiger charge is -2.06. The highest BCUT2D eigenvalue weighted by atomic mass is 32.2. The third kappa shape index (κ3) is 3.08. The highest BCUT2D eigenvalue weighted by molar-refractivity contribution is 7.84. The smallest absolute Gasteiger partial charge is 0.139 e. The summed E-state index contributed by atoms with van der Waals surface area (Å²) in [5, 5.41) is 4.14. The van der Waals surface area contributed by atoms with Crippen LogP contribution in [-0.4, -0.2) is 14.0 Å². The molecule has 106 valence electrons. The summed E-state index contributed by atoms with van der Waals surface area (Å²) in [7, 11) is -1.39. The molecule has 0 aliphatic rings. The van der Waals surface area contributed by atoms with Gasteiger partial charge >= 0.3 is 0 Å². The largest absolute Gasteiger partial charge is 0.254 e. The highest BCUT2D eigenvalue weighted by Gasteiger charge is 2.10. The van der Waals surface area contributed by atoms with Gasteiger partial charge in [-0.3, -0.25) is 4.21 Å². The van der Waals surface area contributed by atoms with Crippen LogP contribution in [0.4, 0.5) is 4.39 Å². The van der Waals surface area contributed by atoms with E-state index in [0.717, 1.165) is 11.3 Å². The quantitative estimate of drug-likeness (QED) is 0.741. The zero-order valence-corrected chi connectivity index (χ0v) is 12.0. The zero-order valence-electron chi connectivity index (χ0n) is 11.1. The molecule has 0 radical (unpaired) electrons. The van der Waals surface area contributed by atoms with Crippen LogP contribution in [0.5, 0.6) is 0 Å². The van der Waals surface area contributed by atoms with E-state index in [9.17, 15) is 8.60 Å². The maximum absolute atomic E-state index is 13.6. The Morgan fingerprint density at radius 2 is 1.81 bits per heavy atom. The minimum Gasteiger partial charge on any atom is -0.254 e. The maximum atomic E-state index is 13.6. The van der Waals surface area contributed by atoms with Gasteiger partial charge in [-0.05, 0) is 35.9 Å². The van der Waals surface area contributed by atoms with Crippen LogP contribution in [0.15, 0.2) is 71.9 Å². The number of hydrogen-bond acceptors (Lipinski definition) is 2. The van der Waals surface area contributed by atoms with Gasteiger partial charge in [0.15, 0.2) is 0 Å². The van der Waals surface area contributed by atoms with E-state index in [4.69, 9.17) is 0 Å². The Kier molecular flexibility index (Phi) is 3.92. The molecule has 0 aliphatic heterocycles. The molecule has 0 aliphatic carbocycles. The molecule has 5 heteroatoms. The van der Waals surface area contributed by atoms with Crippen molar-refractivity contribution < 1.29 is 8.60 Å². The van der Waals surface area contributed by atoms with Crippen LogP contribution in [0.3, 0.4) is 0 Å². The predicted octanol–water partition coefficient (Wildman–Crippen LogP) is 3.32. The van der Waals surface area contributed by atoms with E-state index in [1.165, 1.54) is 6.07 Å². The Bertz CT molecular complexity index is 754. The van der Waals surface area contributed by atoms with Crippen LogP contribution >= 0.6 is 0 Å². The Balaban J connectivity index is 1.77. The van der Waals surface area contributed by atoms with Crippen molar-refractivity contribution in [2.75, 3.05) is 0 Å². The second-order valence-electron chi connectivity index (χ2n) is 4.54. The number of aromatic nitrogens is 2. The molecule has 0 saturated heterocycles. The molecule has 3 nitrogen and oxygen atoms in total. The fraction of sp³-hybridized carbons (Fsp3) is 0.0625. The first-order valence-corrected chi connectivity index (χ1v) is 7.78. The summed E-state index contributed by atoms with van der Waals surface area (Å²) < 4.78 is 27.5. The lowest BCUT2D eigenvalue weighted by atomic mass is 10.2. The van der Waals surface area contributed by atoms with Gasteiger partial charge in [0.2, 0.25) is 0 Å². The van der Waals surface area contributed by atoms with Gasteiger partial charge in [-0.2, -0.15) is 5.10 Å². The lowest BCUT2D eigenvalue weighted by Crippen LogP contribution is -2.00. The van der Waals surface area contributed by atoms with Crippen molar-refractivity contribution in [2.45, 2.75) is 10.6 Å². The van der Waals surface area contributed by atoms with E-state index in [1.54, 1.807) is 29.1 Å². The first-order valence-electron chi connectivity index (χ1n) is 6.46. The second kappa shape index (κ2) is 6.01. The topological polar surface area (TPSA) is 34.9 Å². The third-order valence-corrected chi connectivity index (χ3v) is 4.50. The normalized spacial score (nSPS) is 12.2. The van der Waals surface area contributed by atoms with Gasteiger partial charge in [-0.15, -0.1) is 0 Å². The zero-order chi connectivity index (χ0) is 14.7. The molecule has 0 saturated carbocycles. The van der Waals surface area contributed by atoms with E-state index >= 15 is 0 Å². The molecule has 1 heterocycles. The maximum Gasteiger partial charge on any atom is 0.139 e. The average Bonchev–Trinajstić information content (AvgIpc) is 3.02. The molecule has 1 unspecified atom stereocenters. The molecular formula is C16H13FN2OS. The van der Waals surface area contributed by atoms with Gasteiger partial charge in [0.25, 0.3) is 0 Å². The van der Waals surface area contributed by atoms with Crippen molar-refractivity contribution in [3.63, 3.8) is 0 Å². The number of rotatable bonds is 4. The van der Waals surface area contributed by atoms with Gasteiger partial charge in [-0.25, -0.2) is 9.07 Å². The van der Waals surface area contributed by atoms with E-state index in [0.29, 0.717) is 5.75 Å². The van der Waals surface area contributed by atoms with Gasteiger partial charge < -0.3 is 0 Å². The van der Waals surface area contributed by atoms with Crippen molar-refractivity contribution in [2.24, 2.45) is 0 Å². The minimum absolute atomic E-state index is 0.244. The highest BCUT2D eigenvalue weighted by Crippen LogP contribution is 2.17. The van der Waals surface area contributed by atoms with Crippen LogP contribution in [0, 0.1) is 5.82 Å². The predicted molar refractivity (Wildman–Crippen MR) is 80.1 cm³/mol. The molecule has 0 N–H and O–H groups in total. The standard InChI is InChI=1S/C16H13FN2OS/c17-15-4-1-2-5-16(15)21(20)12-13-6-8-14(9-7-13)19-11-3-10-18-19/h1-11H,12H2. The SMILES string of the molecule is O=S(Cc1ccc(-n2cccn2)cc1)c1ccccc1F. The number of halogens is 1. The fourth-order valence-corrected chi connectivity index (χ4v) is 3.19. The molecule has 21 heavy (non-hydrogen) atoms. The first kappa shape index (κ1) is 13.7. The van der Waals surface area contributed by atoms with Crippen molar-refractivity contribution in [1.29, 1.82) is 0 Å². The number of nitrogens with zero attached hydrogens (tertiary/aromatic N) is 2. The van der Waals surface area contributed by atoms with Crippen molar-refractivity contribution in [1.82, 2.24) is 9.78 Å². The Morgan fingerprint density at radius 1 is 1.05 bits per heavy atom. The lowest BCUT2D eigenvalue weighted by molar-refractivity contribution is 0.595. The molecule has 0 fully saturated rings. The summed E-state index contributed by atoms with van der Waals surface area (Å²) in [5.74, 6) is -0.135. The van der Waals surface area contributed by atoms with Gasteiger partial charge in [0.1, 0.15) is 5.82 Å². The van der Waals surface area contributed by atoms with E-state index < -0.39 is 16.6 Å². The van der Waals surface area contributed by atoms with Crippen LogP contribution in [-0.2, 0) is 16.6 Å². The first-order chi connectivity index (χ1) is 10.2. The summed E-state index contributed by atoms with van der Waals surface area (Å²) in [4.78, 5) is 0.244. The van der Waals surface area contributed by atoms with Crippen LogP contribution in [0.2, 0.25) is 0 Å². The average molecular weight is 300 g/mol. The second-order valence-corrected chi connectivity index (χ2v) is 5.96. The fourth-order valence-electron chi connectivity index (χ4n) is 2.02. The van der Waals surface area contributed by atoms with Crippen molar-refractivity contribution in [3.8, 4) is 5.69 Å². The third-order valence-electron chi connectivity index (χ3n) is 3.08. The van der Waals surface area contributed by atoms with Crippen LogP contribution in [0.25, 0.3) is 5.69 Å². The van der Waals surface area contributed by atoms with Crippen LogP contribution < -0.4 is 0 Å². The molecule has 0 bridgehead atoms. The molecule has 3 aromatic rings. The molecular weight excluding hydrogens is 287 g/mol. The molecule has 0 amide bonds. The van der Waals surface area contributed by atoms with Gasteiger partial charge in [0.05, 0.1) is 27.1 Å². The van der Waals surface area contributed by atoms with Crippen LogP contribution in [0.1, 0.15) is 5.56 Å². The molecule has 1 aromatic heterocycles. The minimum atomic E-state index is -1.39. The monoisotopic (exact) mass is 300 g/mol. The Morgan fingerprint density at radius 3 is 2.48 bits per heavy atom.